The molecular formula is C12H13F2N3O3. The minimum atomic E-state index is -1.36. The summed E-state index contributed by atoms with van der Waals surface area (Å²) in [6, 6.07) is 0.745. The van der Waals surface area contributed by atoms with Crippen LogP contribution in [0.2, 0.25) is 0 Å². The van der Waals surface area contributed by atoms with E-state index in [1.54, 1.807) is 0 Å². The SMILES string of the molecule is CC1CN(C(=O)c2cc(F)c(F)cc2[N+](=O)[O-])CC1N. The highest BCUT2D eigenvalue weighted by Crippen LogP contribution is 2.26. The van der Waals surface area contributed by atoms with Crippen molar-refractivity contribution in [2.24, 2.45) is 11.7 Å². The van der Waals surface area contributed by atoms with E-state index in [2.05, 4.69) is 0 Å². The second kappa shape index (κ2) is 5.12. The zero-order valence-electron chi connectivity index (χ0n) is 10.7. The van der Waals surface area contributed by atoms with Crippen molar-refractivity contribution in [2.75, 3.05) is 13.1 Å². The summed E-state index contributed by atoms with van der Waals surface area (Å²) in [5.74, 6) is -3.33. The zero-order valence-corrected chi connectivity index (χ0v) is 10.7. The fourth-order valence-corrected chi connectivity index (χ4v) is 2.19. The summed E-state index contributed by atoms with van der Waals surface area (Å²) in [4.78, 5) is 23.5. The van der Waals surface area contributed by atoms with Crippen LogP contribution in [-0.4, -0.2) is 34.9 Å². The van der Waals surface area contributed by atoms with Crippen molar-refractivity contribution in [3.05, 3.63) is 39.4 Å². The molecule has 2 atom stereocenters. The lowest BCUT2D eigenvalue weighted by molar-refractivity contribution is -0.385. The molecule has 0 spiro atoms. The molecule has 1 fully saturated rings. The van der Waals surface area contributed by atoms with Gasteiger partial charge in [0.1, 0.15) is 5.56 Å². The number of carbonyl (C=O) groups excluding carboxylic acids is 1. The number of likely N-dealkylation sites (tertiary alicyclic amines) is 1. The van der Waals surface area contributed by atoms with Gasteiger partial charge in [-0.2, -0.15) is 0 Å². The van der Waals surface area contributed by atoms with Gasteiger partial charge in [-0.25, -0.2) is 8.78 Å². The number of hydrogen-bond donors (Lipinski definition) is 1. The van der Waals surface area contributed by atoms with Crippen molar-refractivity contribution in [1.82, 2.24) is 4.90 Å². The highest BCUT2D eigenvalue weighted by atomic mass is 19.2. The normalized spacial score (nSPS) is 22.1. The summed E-state index contributed by atoms with van der Waals surface area (Å²) in [5.41, 5.74) is 4.56. The van der Waals surface area contributed by atoms with Crippen LogP contribution in [0.25, 0.3) is 0 Å². The summed E-state index contributed by atoms with van der Waals surface area (Å²) in [7, 11) is 0. The first kappa shape index (κ1) is 14.3. The van der Waals surface area contributed by atoms with Crippen LogP contribution < -0.4 is 5.73 Å². The van der Waals surface area contributed by atoms with Gasteiger partial charge in [-0.3, -0.25) is 14.9 Å². The van der Waals surface area contributed by atoms with Gasteiger partial charge in [-0.1, -0.05) is 6.92 Å². The molecule has 1 aromatic carbocycles. The van der Waals surface area contributed by atoms with Gasteiger partial charge in [0, 0.05) is 19.1 Å². The van der Waals surface area contributed by atoms with Crippen molar-refractivity contribution < 1.29 is 18.5 Å². The van der Waals surface area contributed by atoms with Gasteiger partial charge in [0.2, 0.25) is 0 Å². The van der Waals surface area contributed by atoms with Crippen LogP contribution in [0.1, 0.15) is 17.3 Å². The summed E-state index contributed by atoms with van der Waals surface area (Å²) >= 11 is 0. The first-order chi connectivity index (χ1) is 9.31. The molecule has 1 amide bonds. The number of nitrogens with two attached hydrogens (primary N) is 1. The molecule has 1 saturated heterocycles. The number of benzene rings is 1. The fourth-order valence-electron chi connectivity index (χ4n) is 2.19. The van der Waals surface area contributed by atoms with E-state index >= 15 is 0 Å². The third-order valence-corrected chi connectivity index (χ3v) is 3.42. The maximum atomic E-state index is 13.2. The Labute approximate surface area is 113 Å². The molecule has 1 aliphatic heterocycles. The molecule has 1 aromatic rings. The number of carbonyl (C=O) groups is 1. The van der Waals surface area contributed by atoms with Crippen molar-refractivity contribution in [3.8, 4) is 0 Å². The Morgan fingerprint density at radius 2 is 2.00 bits per heavy atom. The molecular weight excluding hydrogens is 272 g/mol. The molecule has 2 N–H and O–H groups in total. The van der Waals surface area contributed by atoms with E-state index in [9.17, 15) is 23.7 Å². The van der Waals surface area contributed by atoms with Crippen LogP contribution in [0.3, 0.4) is 0 Å². The van der Waals surface area contributed by atoms with Crippen LogP contribution in [0.4, 0.5) is 14.5 Å². The zero-order chi connectivity index (χ0) is 15.0. The number of amides is 1. The van der Waals surface area contributed by atoms with Crippen LogP contribution in [0, 0.1) is 27.7 Å². The molecule has 1 aliphatic rings. The summed E-state index contributed by atoms with van der Waals surface area (Å²) in [6.07, 6.45) is 0. The van der Waals surface area contributed by atoms with Crippen molar-refractivity contribution in [3.63, 3.8) is 0 Å². The van der Waals surface area contributed by atoms with Gasteiger partial charge < -0.3 is 10.6 Å². The number of nitro benzene ring substituents is 1. The van der Waals surface area contributed by atoms with Crippen molar-refractivity contribution >= 4 is 11.6 Å². The number of halogens is 2. The highest BCUT2D eigenvalue weighted by molar-refractivity contribution is 5.98. The molecule has 0 saturated carbocycles. The Hall–Kier alpha value is -2.09. The smallest absolute Gasteiger partial charge is 0.285 e. The second-order valence-electron chi connectivity index (χ2n) is 4.89. The van der Waals surface area contributed by atoms with Crippen LogP contribution >= 0.6 is 0 Å². The molecule has 20 heavy (non-hydrogen) atoms. The number of nitrogens with zero attached hydrogens (tertiary/aromatic N) is 2. The predicted molar refractivity (Wildman–Crippen MR) is 66.1 cm³/mol. The maximum absolute atomic E-state index is 13.2. The standard InChI is InChI=1S/C12H13F2N3O3/c1-6-4-16(5-10(6)15)12(18)7-2-8(13)9(14)3-11(7)17(19)20/h2-3,6,10H,4-5,15H2,1H3. The van der Waals surface area contributed by atoms with E-state index in [1.807, 2.05) is 6.92 Å². The summed E-state index contributed by atoms with van der Waals surface area (Å²) in [6.45, 7) is 2.41. The highest BCUT2D eigenvalue weighted by Gasteiger charge is 2.34. The Bertz CT molecular complexity index is 569. The molecule has 2 rings (SSSR count). The summed E-state index contributed by atoms with van der Waals surface area (Å²) < 4.78 is 26.3. The van der Waals surface area contributed by atoms with E-state index in [1.165, 1.54) is 4.90 Å². The molecule has 0 aliphatic carbocycles. The first-order valence-electron chi connectivity index (χ1n) is 5.99. The molecule has 0 bridgehead atoms. The minimum Gasteiger partial charge on any atom is -0.337 e. The number of rotatable bonds is 2. The quantitative estimate of drug-likeness (QED) is 0.655. The predicted octanol–water partition coefficient (Wildman–Crippen LogP) is 1.29. The molecule has 6 nitrogen and oxygen atoms in total. The second-order valence-corrected chi connectivity index (χ2v) is 4.89. The molecule has 0 radical (unpaired) electrons. The van der Waals surface area contributed by atoms with Gasteiger partial charge in [0.05, 0.1) is 11.0 Å². The van der Waals surface area contributed by atoms with Gasteiger partial charge >= 0.3 is 0 Å². The minimum absolute atomic E-state index is 0.0447. The summed E-state index contributed by atoms with van der Waals surface area (Å²) in [5, 5.41) is 10.9. The average Bonchev–Trinajstić information content (AvgIpc) is 2.71. The lowest BCUT2D eigenvalue weighted by Gasteiger charge is -2.16. The van der Waals surface area contributed by atoms with Crippen LogP contribution in [0.5, 0.6) is 0 Å². The maximum Gasteiger partial charge on any atom is 0.285 e. The molecule has 2 unspecified atom stereocenters. The Morgan fingerprint density at radius 3 is 2.50 bits per heavy atom. The van der Waals surface area contributed by atoms with Crippen molar-refractivity contribution in [1.29, 1.82) is 0 Å². The lowest BCUT2D eigenvalue weighted by atomic mass is 10.1. The number of nitro groups is 1. The lowest BCUT2D eigenvalue weighted by Crippen LogP contribution is -2.32. The molecule has 0 aromatic heterocycles. The van der Waals surface area contributed by atoms with E-state index < -0.39 is 33.7 Å². The third-order valence-electron chi connectivity index (χ3n) is 3.42. The number of hydrogen-bond acceptors (Lipinski definition) is 4. The van der Waals surface area contributed by atoms with Crippen LogP contribution in [-0.2, 0) is 0 Å². The van der Waals surface area contributed by atoms with Gasteiger partial charge in [-0.15, -0.1) is 0 Å². The Kier molecular flexibility index (Phi) is 3.67. The molecule has 8 heteroatoms. The van der Waals surface area contributed by atoms with Crippen molar-refractivity contribution in [2.45, 2.75) is 13.0 Å². The van der Waals surface area contributed by atoms with Gasteiger partial charge in [-0.05, 0) is 12.0 Å². The first-order valence-corrected chi connectivity index (χ1v) is 5.99. The largest absolute Gasteiger partial charge is 0.337 e. The molecule has 1 heterocycles. The fraction of sp³-hybridized carbons (Fsp3) is 0.417. The van der Waals surface area contributed by atoms with E-state index in [0.717, 1.165) is 0 Å². The van der Waals surface area contributed by atoms with E-state index in [-0.39, 0.29) is 18.5 Å². The Balaban J connectivity index is 2.39. The molecule has 108 valence electrons. The van der Waals surface area contributed by atoms with Crippen LogP contribution in [0.15, 0.2) is 12.1 Å². The van der Waals surface area contributed by atoms with Gasteiger partial charge in [0.25, 0.3) is 11.6 Å². The average molecular weight is 285 g/mol. The van der Waals surface area contributed by atoms with E-state index in [4.69, 9.17) is 5.73 Å². The Morgan fingerprint density at radius 1 is 1.40 bits per heavy atom. The topological polar surface area (TPSA) is 89.5 Å². The van der Waals surface area contributed by atoms with Gasteiger partial charge in [0.15, 0.2) is 11.6 Å². The third kappa shape index (κ3) is 2.46. The van der Waals surface area contributed by atoms with E-state index in [0.29, 0.717) is 18.7 Å². The monoisotopic (exact) mass is 285 g/mol.